The number of benzene rings is 2. The molecule has 0 bridgehead atoms. The molecule has 0 aliphatic rings. The van der Waals surface area contributed by atoms with Crippen molar-refractivity contribution in [1.82, 2.24) is 0 Å². The molecule has 2 rings (SSSR count). The summed E-state index contributed by atoms with van der Waals surface area (Å²) >= 11 is 0. The van der Waals surface area contributed by atoms with E-state index in [1.807, 2.05) is 0 Å². The summed E-state index contributed by atoms with van der Waals surface area (Å²) in [5, 5.41) is 0. The molecule has 7 heteroatoms. The third-order valence-electron chi connectivity index (χ3n) is 2.85. The molecule has 4 N–H and O–H groups in total. The van der Waals surface area contributed by atoms with E-state index >= 15 is 0 Å². The van der Waals surface area contributed by atoms with Crippen LogP contribution in [0.5, 0.6) is 0 Å². The topological polar surface area (TPSA) is 72.4 Å². The minimum absolute atomic E-state index is 0.0988. The van der Waals surface area contributed by atoms with Crippen molar-refractivity contribution in [3.05, 3.63) is 54.1 Å². The summed E-state index contributed by atoms with van der Waals surface area (Å²) in [4.78, 5) is 12.4. The number of carbonyl (C=O) groups is 1. The predicted octanol–water partition coefficient (Wildman–Crippen LogP) is 3.50. The van der Waals surface area contributed by atoms with Crippen LogP contribution in [0.15, 0.2) is 48.5 Å². The van der Waals surface area contributed by atoms with Crippen molar-refractivity contribution >= 4 is 23.1 Å². The summed E-state index contributed by atoms with van der Waals surface area (Å²) in [5.41, 5.74) is 9.89. The van der Waals surface area contributed by atoms with Crippen molar-refractivity contribution in [1.29, 1.82) is 0 Å². The van der Waals surface area contributed by atoms with Crippen molar-refractivity contribution in [2.45, 2.75) is 6.18 Å². The molecule has 110 valence electrons. The van der Waals surface area contributed by atoms with E-state index in [1.54, 1.807) is 12.1 Å². The first-order chi connectivity index (χ1) is 9.82. The Morgan fingerprint density at radius 1 is 0.952 bits per heavy atom. The number of urea groups is 1. The number of nitrogen functional groups attached to an aromatic ring is 1. The van der Waals surface area contributed by atoms with Gasteiger partial charge < -0.3 is 11.5 Å². The molecule has 0 unspecified atom stereocenters. The lowest BCUT2D eigenvalue weighted by Crippen LogP contribution is -2.33. The first-order valence-corrected chi connectivity index (χ1v) is 5.92. The van der Waals surface area contributed by atoms with Gasteiger partial charge in [0.15, 0.2) is 0 Å². The molecule has 4 nitrogen and oxygen atoms in total. The first kappa shape index (κ1) is 14.7. The SMILES string of the molecule is NC(=O)N(c1ccccc1N)c1ccccc1C(F)(F)F. The van der Waals surface area contributed by atoms with E-state index < -0.39 is 17.8 Å². The lowest BCUT2D eigenvalue weighted by molar-refractivity contribution is -0.137. The van der Waals surface area contributed by atoms with Crippen LogP contribution < -0.4 is 16.4 Å². The van der Waals surface area contributed by atoms with Gasteiger partial charge in [-0.05, 0) is 24.3 Å². The number of halogens is 3. The van der Waals surface area contributed by atoms with Crippen molar-refractivity contribution in [2.75, 3.05) is 10.6 Å². The Hall–Kier alpha value is -2.70. The van der Waals surface area contributed by atoms with Crippen LogP contribution in [0.25, 0.3) is 0 Å². The normalized spacial score (nSPS) is 11.2. The van der Waals surface area contributed by atoms with E-state index in [0.29, 0.717) is 0 Å². The summed E-state index contributed by atoms with van der Waals surface area (Å²) in [5.74, 6) is 0. The fourth-order valence-corrected chi connectivity index (χ4v) is 1.97. The van der Waals surface area contributed by atoms with Crippen LogP contribution in [0.2, 0.25) is 0 Å². The number of rotatable bonds is 2. The largest absolute Gasteiger partial charge is 0.418 e. The maximum atomic E-state index is 13.1. The van der Waals surface area contributed by atoms with Gasteiger partial charge in [0.2, 0.25) is 0 Å². The highest BCUT2D eigenvalue weighted by Crippen LogP contribution is 2.40. The molecule has 0 aromatic heterocycles. The van der Waals surface area contributed by atoms with Gasteiger partial charge >= 0.3 is 12.2 Å². The quantitative estimate of drug-likeness (QED) is 0.832. The standard InChI is InChI=1S/C14H12F3N3O/c15-14(16,17)9-5-1-3-7-11(9)20(13(19)21)12-8-4-2-6-10(12)18/h1-8H,18H2,(H2,19,21). The van der Waals surface area contributed by atoms with Crippen molar-refractivity contribution in [2.24, 2.45) is 5.73 Å². The molecule has 0 fully saturated rings. The average molecular weight is 295 g/mol. The highest BCUT2D eigenvalue weighted by atomic mass is 19.4. The van der Waals surface area contributed by atoms with Crippen LogP contribution in [-0.2, 0) is 6.18 Å². The van der Waals surface area contributed by atoms with E-state index in [1.165, 1.54) is 30.3 Å². The zero-order chi connectivity index (χ0) is 15.6. The summed E-state index contributed by atoms with van der Waals surface area (Å²) in [6.07, 6.45) is -4.62. The number of alkyl halides is 3. The van der Waals surface area contributed by atoms with Gasteiger partial charge in [0.25, 0.3) is 0 Å². The monoisotopic (exact) mass is 295 g/mol. The van der Waals surface area contributed by atoms with Crippen molar-refractivity contribution < 1.29 is 18.0 Å². The molecular formula is C14H12F3N3O. The molecule has 0 heterocycles. The number of para-hydroxylation sites is 3. The number of primary amides is 1. The van der Waals surface area contributed by atoms with Crippen LogP contribution in [-0.4, -0.2) is 6.03 Å². The number of amides is 2. The van der Waals surface area contributed by atoms with Gasteiger partial charge in [-0.15, -0.1) is 0 Å². The van der Waals surface area contributed by atoms with Crippen LogP contribution in [0, 0.1) is 0 Å². The second kappa shape index (κ2) is 5.35. The molecule has 0 radical (unpaired) electrons. The zero-order valence-corrected chi connectivity index (χ0v) is 10.8. The summed E-state index contributed by atoms with van der Waals surface area (Å²) < 4.78 is 39.2. The highest BCUT2D eigenvalue weighted by Gasteiger charge is 2.36. The Balaban J connectivity index is 2.66. The Labute approximate surface area is 118 Å². The zero-order valence-electron chi connectivity index (χ0n) is 10.8. The van der Waals surface area contributed by atoms with E-state index in [2.05, 4.69) is 0 Å². The minimum atomic E-state index is -4.62. The van der Waals surface area contributed by atoms with Gasteiger partial charge in [-0.3, -0.25) is 4.90 Å². The fourth-order valence-electron chi connectivity index (χ4n) is 1.97. The van der Waals surface area contributed by atoms with Gasteiger partial charge in [0.1, 0.15) is 0 Å². The third-order valence-corrected chi connectivity index (χ3v) is 2.85. The molecule has 0 aliphatic carbocycles. The van der Waals surface area contributed by atoms with Crippen LogP contribution in [0.1, 0.15) is 5.56 Å². The molecule has 2 aromatic rings. The summed E-state index contributed by atoms with van der Waals surface area (Å²) in [6.45, 7) is 0. The number of anilines is 3. The molecular weight excluding hydrogens is 283 g/mol. The summed E-state index contributed by atoms with van der Waals surface area (Å²) in [7, 11) is 0. The van der Waals surface area contributed by atoms with E-state index in [9.17, 15) is 18.0 Å². The average Bonchev–Trinajstić information content (AvgIpc) is 2.40. The van der Waals surface area contributed by atoms with Gasteiger partial charge in [-0.25, -0.2) is 4.79 Å². The van der Waals surface area contributed by atoms with E-state index in [-0.39, 0.29) is 17.1 Å². The maximum Gasteiger partial charge on any atom is 0.418 e. The molecule has 2 aromatic carbocycles. The van der Waals surface area contributed by atoms with Gasteiger partial charge in [-0.2, -0.15) is 13.2 Å². The van der Waals surface area contributed by atoms with Gasteiger partial charge in [-0.1, -0.05) is 24.3 Å². The lowest BCUT2D eigenvalue weighted by Gasteiger charge is -2.25. The minimum Gasteiger partial charge on any atom is -0.397 e. The Bertz CT molecular complexity index is 671. The molecule has 0 saturated carbocycles. The van der Waals surface area contributed by atoms with Gasteiger partial charge in [0, 0.05) is 0 Å². The predicted molar refractivity (Wildman–Crippen MR) is 74.0 cm³/mol. The van der Waals surface area contributed by atoms with Crippen molar-refractivity contribution in [3.63, 3.8) is 0 Å². The fraction of sp³-hybridized carbons (Fsp3) is 0.0714. The van der Waals surface area contributed by atoms with Crippen LogP contribution in [0.4, 0.5) is 35.0 Å². The molecule has 21 heavy (non-hydrogen) atoms. The van der Waals surface area contributed by atoms with Gasteiger partial charge in [0.05, 0.1) is 22.6 Å². The molecule has 0 spiro atoms. The Morgan fingerprint density at radius 2 is 1.48 bits per heavy atom. The highest BCUT2D eigenvalue weighted by molar-refractivity contribution is 6.01. The molecule has 0 aliphatic heterocycles. The van der Waals surface area contributed by atoms with Crippen molar-refractivity contribution in [3.8, 4) is 0 Å². The van der Waals surface area contributed by atoms with Crippen LogP contribution >= 0.6 is 0 Å². The molecule has 0 atom stereocenters. The second-order valence-corrected chi connectivity index (χ2v) is 4.25. The second-order valence-electron chi connectivity index (χ2n) is 4.25. The molecule has 0 saturated heterocycles. The third kappa shape index (κ3) is 2.91. The number of nitrogens with zero attached hydrogens (tertiary/aromatic N) is 1. The Morgan fingerprint density at radius 3 is 2.00 bits per heavy atom. The molecule has 2 amide bonds. The Kier molecular flexibility index (Phi) is 3.75. The summed E-state index contributed by atoms with van der Waals surface area (Å²) in [6, 6.07) is 9.68. The number of hydrogen-bond donors (Lipinski definition) is 2. The first-order valence-electron chi connectivity index (χ1n) is 5.92. The number of hydrogen-bond acceptors (Lipinski definition) is 2. The number of carbonyl (C=O) groups excluding carboxylic acids is 1. The smallest absolute Gasteiger partial charge is 0.397 e. The maximum absolute atomic E-state index is 13.1. The van der Waals surface area contributed by atoms with E-state index in [4.69, 9.17) is 11.5 Å². The lowest BCUT2D eigenvalue weighted by atomic mass is 10.1. The number of nitrogens with two attached hydrogens (primary N) is 2. The van der Waals surface area contributed by atoms with E-state index in [0.717, 1.165) is 11.0 Å². The van der Waals surface area contributed by atoms with Crippen LogP contribution in [0.3, 0.4) is 0 Å².